The number of hydrogen-bond acceptors (Lipinski definition) is 1. The summed E-state index contributed by atoms with van der Waals surface area (Å²) in [5.74, 6) is 0.135. The monoisotopic (exact) mass is 160 g/mol. The molecule has 0 bridgehead atoms. The number of rotatable bonds is 1. The van der Waals surface area contributed by atoms with E-state index in [1.165, 1.54) is 0 Å². The second kappa shape index (κ2) is 3.35. The van der Waals surface area contributed by atoms with Crippen LogP contribution in [0.3, 0.4) is 0 Å². The maximum absolute atomic E-state index is 11.3. The summed E-state index contributed by atoms with van der Waals surface area (Å²) in [6.07, 6.45) is 7.35. The lowest BCUT2D eigenvalue weighted by Crippen LogP contribution is -2.05. The van der Waals surface area contributed by atoms with E-state index in [9.17, 15) is 4.79 Å². The average Bonchev–Trinajstić information content (AvgIpc) is 2.01. The Morgan fingerprint density at radius 1 is 1.25 bits per heavy atom. The first-order chi connectivity index (χ1) is 5.65. The summed E-state index contributed by atoms with van der Waals surface area (Å²) in [5.41, 5.74) is 2.63. The smallest absolute Gasteiger partial charge is 0.184 e. The van der Waals surface area contributed by atoms with Gasteiger partial charge in [0.15, 0.2) is 5.78 Å². The van der Waals surface area contributed by atoms with Crippen LogP contribution in [0.25, 0.3) is 0 Å². The lowest BCUT2D eigenvalue weighted by Gasteiger charge is -2.08. The van der Waals surface area contributed by atoms with E-state index in [2.05, 4.69) is 6.58 Å². The minimum Gasteiger partial charge on any atom is -0.289 e. The molecule has 1 aliphatic carbocycles. The summed E-state index contributed by atoms with van der Waals surface area (Å²) in [6.45, 7) is 7.26. The second-order valence-electron chi connectivity index (χ2n) is 2.89. The molecule has 12 heavy (non-hydrogen) atoms. The van der Waals surface area contributed by atoms with Gasteiger partial charge in [-0.25, -0.2) is 0 Å². The second-order valence-corrected chi connectivity index (χ2v) is 2.89. The molecule has 0 aromatic rings. The Hall–Kier alpha value is -1.37. The zero-order valence-electron chi connectivity index (χ0n) is 7.42. The Kier molecular flexibility index (Phi) is 2.44. The predicted octanol–water partition coefficient (Wildman–Crippen LogP) is 2.57. The Morgan fingerprint density at radius 3 is 2.17 bits per heavy atom. The van der Waals surface area contributed by atoms with Gasteiger partial charge in [-0.05, 0) is 42.7 Å². The number of Topliss-reactive ketones (excluding diaryl/α,β-unsaturated/α-hetero) is 1. The van der Waals surface area contributed by atoms with Crippen molar-refractivity contribution in [3.8, 4) is 0 Å². The topological polar surface area (TPSA) is 17.1 Å². The molecule has 0 saturated heterocycles. The number of allylic oxidation sites excluding steroid dienone is 7. The molecule has 62 valence electrons. The van der Waals surface area contributed by atoms with E-state index in [1.54, 1.807) is 6.08 Å². The van der Waals surface area contributed by atoms with E-state index in [0.717, 1.165) is 16.7 Å². The fourth-order valence-electron chi connectivity index (χ4n) is 1.22. The molecule has 1 heteroatoms. The van der Waals surface area contributed by atoms with Crippen molar-refractivity contribution in [1.29, 1.82) is 0 Å². The molecule has 0 aromatic carbocycles. The number of carbonyl (C=O) groups is 1. The summed E-state index contributed by atoms with van der Waals surface area (Å²) in [4.78, 5) is 11.3. The van der Waals surface area contributed by atoms with Gasteiger partial charge in [0.05, 0.1) is 0 Å². The maximum Gasteiger partial charge on any atom is 0.184 e. The van der Waals surface area contributed by atoms with Gasteiger partial charge in [0.25, 0.3) is 0 Å². The highest BCUT2D eigenvalue weighted by Gasteiger charge is 2.11. The number of carbonyl (C=O) groups excluding carboxylic acids is 1. The molecule has 1 aliphatic rings. The first kappa shape index (κ1) is 8.72. The molecule has 0 fully saturated rings. The summed E-state index contributed by atoms with van der Waals surface area (Å²) in [7, 11) is 0. The van der Waals surface area contributed by atoms with Crippen LogP contribution in [0.4, 0.5) is 0 Å². The van der Waals surface area contributed by atoms with Gasteiger partial charge < -0.3 is 0 Å². The van der Waals surface area contributed by atoms with Gasteiger partial charge in [-0.3, -0.25) is 4.79 Å². The molecule has 0 unspecified atom stereocenters. The molecule has 0 spiro atoms. The van der Waals surface area contributed by atoms with E-state index in [0.29, 0.717) is 0 Å². The molecule has 0 aromatic heterocycles. The van der Waals surface area contributed by atoms with Gasteiger partial charge >= 0.3 is 0 Å². The zero-order valence-corrected chi connectivity index (χ0v) is 7.42. The highest BCUT2D eigenvalue weighted by Crippen LogP contribution is 2.17. The summed E-state index contributed by atoms with van der Waals surface area (Å²) >= 11 is 0. The molecule has 0 heterocycles. The van der Waals surface area contributed by atoms with Crippen molar-refractivity contribution >= 4 is 5.78 Å². The van der Waals surface area contributed by atoms with E-state index in [1.807, 2.05) is 32.1 Å². The van der Waals surface area contributed by atoms with Gasteiger partial charge in [0.1, 0.15) is 0 Å². The third-order valence-corrected chi connectivity index (χ3v) is 1.79. The van der Waals surface area contributed by atoms with Crippen LogP contribution in [0, 0.1) is 0 Å². The Labute approximate surface area is 72.8 Å². The summed E-state index contributed by atoms with van der Waals surface area (Å²) in [6, 6.07) is 0. The van der Waals surface area contributed by atoms with Crippen molar-refractivity contribution in [3.63, 3.8) is 0 Å². The average molecular weight is 160 g/mol. The Morgan fingerprint density at radius 2 is 1.75 bits per heavy atom. The largest absolute Gasteiger partial charge is 0.289 e. The van der Waals surface area contributed by atoms with Crippen LogP contribution < -0.4 is 0 Å². The van der Waals surface area contributed by atoms with E-state index in [-0.39, 0.29) is 5.78 Å². The Balaban J connectivity index is 3.07. The van der Waals surface area contributed by atoms with Crippen molar-refractivity contribution in [1.82, 2.24) is 0 Å². The van der Waals surface area contributed by atoms with Crippen LogP contribution in [0.5, 0.6) is 0 Å². The molecule has 0 saturated carbocycles. The van der Waals surface area contributed by atoms with Crippen LogP contribution >= 0.6 is 0 Å². The third-order valence-electron chi connectivity index (χ3n) is 1.79. The number of hydrogen-bond donors (Lipinski definition) is 0. The lowest BCUT2D eigenvalue weighted by atomic mass is 9.96. The normalized spacial score (nSPS) is 16.8. The SMILES string of the molecule is C=CC=C1C=C(C)C(=O)C(C)=C1. The minimum absolute atomic E-state index is 0.135. The first-order valence-corrected chi connectivity index (χ1v) is 3.89. The van der Waals surface area contributed by atoms with Gasteiger partial charge in [0.2, 0.25) is 0 Å². The third kappa shape index (κ3) is 1.62. The highest BCUT2D eigenvalue weighted by atomic mass is 16.1. The van der Waals surface area contributed by atoms with E-state index >= 15 is 0 Å². The first-order valence-electron chi connectivity index (χ1n) is 3.89. The molecule has 0 radical (unpaired) electrons. The summed E-state index contributed by atoms with van der Waals surface area (Å²) < 4.78 is 0. The van der Waals surface area contributed by atoms with Crippen molar-refractivity contribution in [3.05, 3.63) is 47.6 Å². The molecular formula is C11H12O. The number of ketones is 1. The molecule has 1 rings (SSSR count). The highest BCUT2D eigenvalue weighted by molar-refractivity contribution is 6.09. The molecule has 0 amide bonds. The van der Waals surface area contributed by atoms with E-state index in [4.69, 9.17) is 0 Å². The standard InChI is InChI=1S/C11H12O/c1-4-5-10-6-8(2)11(12)9(3)7-10/h4-7H,1H2,2-3H3. The van der Waals surface area contributed by atoms with Crippen LogP contribution in [-0.4, -0.2) is 5.78 Å². The van der Waals surface area contributed by atoms with Crippen molar-refractivity contribution in [2.45, 2.75) is 13.8 Å². The van der Waals surface area contributed by atoms with Crippen molar-refractivity contribution in [2.24, 2.45) is 0 Å². The zero-order chi connectivity index (χ0) is 9.14. The van der Waals surface area contributed by atoms with Crippen LogP contribution in [0.15, 0.2) is 47.6 Å². The fraction of sp³-hybridized carbons (Fsp3) is 0.182. The van der Waals surface area contributed by atoms with Crippen molar-refractivity contribution in [2.75, 3.05) is 0 Å². The lowest BCUT2D eigenvalue weighted by molar-refractivity contribution is -0.112. The van der Waals surface area contributed by atoms with Crippen LogP contribution in [0.1, 0.15) is 13.8 Å². The van der Waals surface area contributed by atoms with Crippen LogP contribution in [-0.2, 0) is 4.79 Å². The molecule has 0 N–H and O–H groups in total. The Bertz CT molecular complexity index is 290. The van der Waals surface area contributed by atoms with Crippen LogP contribution in [0.2, 0.25) is 0 Å². The van der Waals surface area contributed by atoms with Gasteiger partial charge in [0, 0.05) is 0 Å². The molecular weight excluding hydrogens is 148 g/mol. The molecule has 1 nitrogen and oxygen atoms in total. The fourth-order valence-corrected chi connectivity index (χ4v) is 1.22. The quantitative estimate of drug-likeness (QED) is 0.576. The van der Waals surface area contributed by atoms with E-state index < -0.39 is 0 Å². The molecule has 0 atom stereocenters. The predicted molar refractivity (Wildman–Crippen MR) is 50.8 cm³/mol. The summed E-state index contributed by atoms with van der Waals surface area (Å²) in [5, 5.41) is 0. The van der Waals surface area contributed by atoms with Gasteiger partial charge in [-0.2, -0.15) is 0 Å². The minimum atomic E-state index is 0.135. The van der Waals surface area contributed by atoms with Crippen molar-refractivity contribution < 1.29 is 4.79 Å². The van der Waals surface area contributed by atoms with Gasteiger partial charge in [-0.15, -0.1) is 0 Å². The van der Waals surface area contributed by atoms with Gasteiger partial charge in [-0.1, -0.05) is 18.7 Å². The maximum atomic E-state index is 11.3. The molecule has 0 aliphatic heterocycles.